The summed E-state index contributed by atoms with van der Waals surface area (Å²) in [7, 11) is 0. The van der Waals surface area contributed by atoms with Gasteiger partial charge in [-0.15, -0.1) is 0 Å². The van der Waals surface area contributed by atoms with Crippen LogP contribution >= 0.6 is 0 Å². The van der Waals surface area contributed by atoms with Crippen molar-refractivity contribution in [2.75, 3.05) is 0 Å². The van der Waals surface area contributed by atoms with Crippen LogP contribution in [0.3, 0.4) is 0 Å². The summed E-state index contributed by atoms with van der Waals surface area (Å²) < 4.78 is 0. The Balaban J connectivity index is 0.00000121. The summed E-state index contributed by atoms with van der Waals surface area (Å²) in [5.74, 6) is 0. The standard InChI is InChI=1S/C10H14O.H3N/c1-2-3-9-4-6-10(8-11)7-5-9;/h4-7,11H,2-3,8H2,1H3;1H3. The van der Waals surface area contributed by atoms with E-state index in [4.69, 9.17) is 5.11 Å². The van der Waals surface area contributed by atoms with Gasteiger partial charge in [0.1, 0.15) is 0 Å². The molecule has 0 saturated carbocycles. The van der Waals surface area contributed by atoms with E-state index in [9.17, 15) is 0 Å². The molecule has 0 atom stereocenters. The molecule has 1 aromatic carbocycles. The molecule has 0 aliphatic heterocycles. The Hall–Kier alpha value is -0.860. The number of hydrogen-bond acceptors (Lipinski definition) is 2. The molecule has 4 N–H and O–H groups in total. The lowest BCUT2D eigenvalue weighted by atomic mass is 10.1. The van der Waals surface area contributed by atoms with Crippen molar-refractivity contribution in [3.63, 3.8) is 0 Å². The molecule has 0 fully saturated rings. The zero-order chi connectivity index (χ0) is 8.10. The van der Waals surface area contributed by atoms with Crippen LogP contribution in [0.2, 0.25) is 0 Å². The summed E-state index contributed by atoms with van der Waals surface area (Å²) in [6.45, 7) is 2.31. The summed E-state index contributed by atoms with van der Waals surface area (Å²) in [5, 5.41) is 8.76. The van der Waals surface area contributed by atoms with Crippen LogP contribution in [0, 0.1) is 0 Å². The summed E-state index contributed by atoms with van der Waals surface area (Å²) >= 11 is 0. The molecule has 0 unspecified atom stereocenters. The lowest BCUT2D eigenvalue weighted by Crippen LogP contribution is -1.85. The zero-order valence-corrected chi connectivity index (χ0v) is 7.59. The molecule has 0 spiro atoms. The van der Waals surface area contributed by atoms with Gasteiger partial charge in [0.25, 0.3) is 0 Å². The van der Waals surface area contributed by atoms with Crippen molar-refractivity contribution in [2.24, 2.45) is 0 Å². The largest absolute Gasteiger partial charge is 0.392 e. The maximum absolute atomic E-state index is 8.76. The highest BCUT2D eigenvalue weighted by Crippen LogP contribution is 2.05. The van der Waals surface area contributed by atoms with Crippen LogP contribution < -0.4 is 6.15 Å². The summed E-state index contributed by atoms with van der Waals surface area (Å²) in [4.78, 5) is 0. The van der Waals surface area contributed by atoms with E-state index in [2.05, 4.69) is 19.1 Å². The lowest BCUT2D eigenvalue weighted by Gasteiger charge is -1.99. The number of benzene rings is 1. The third-order valence-corrected chi connectivity index (χ3v) is 1.74. The minimum Gasteiger partial charge on any atom is -0.392 e. The summed E-state index contributed by atoms with van der Waals surface area (Å²) in [6, 6.07) is 8.11. The van der Waals surface area contributed by atoms with E-state index < -0.39 is 0 Å². The first-order valence-corrected chi connectivity index (χ1v) is 4.05. The molecule has 0 amide bonds. The third-order valence-electron chi connectivity index (χ3n) is 1.74. The molecule has 1 rings (SSSR count). The minimum absolute atomic E-state index is 0. The second-order valence-electron chi connectivity index (χ2n) is 2.72. The fourth-order valence-electron chi connectivity index (χ4n) is 1.10. The number of aliphatic hydroxyl groups is 1. The van der Waals surface area contributed by atoms with Crippen LogP contribution in [0.15, 0.2) is 24.3 Å². The number of aliphatic hydroxyl groups excluding tert-OH is 1. The number of hydrogen-bond donors (Lipinski definition) is 2. The van der Waals surface area contributed by atoms with E-state index in [0.717, 1.165) is 12.0 Å². The van der Waals surface area contributed by atoms with E-state index in [-0.39, 0.29) is 12.8 Å². The molecule has 0 aliphatic rings. The number of rotatable bonds is 3. The van der Waals surface area contributed by atoms with Crippen LogP contribution in [0.5, 0.6) is 0 Å². The van der Waals surface area contributed by atoms with Gasteiger partial charge in [-0.1, -0.05) is 37.6 Å². The van der Waals surface area contributed by atoms with Crippen molar-refractivity contribution in [2.45, 2.75) is 26.4 Å². The predicted molar refractivity (Wildman–Crippen MR) is 51.4 cm³/mol. The first-order chi connectivity index (χ1) is 5.36. The maximum atomic E-state index is 8.76. The molecule has 0 radical (unpaired) electrons. The lowest BCUT2D eigenvalue weighted by molar-refractivity contribution is 0.282. The van der Waals surface area contributed by atoms with Crippen LogP contribution in [-0.4, -0.2) is 5.11 Å². The SMILES string of the molecule is CCCc1ccc(CO)cc1.N. The van der Waals surface area contributed by atoms with Gasteiger partial charge in [0, 0.05) is 0 Å². The second-order valence-corrected chi connectivity index (χ2v) is 2.72. The molecule has 68 valence electrons. The van der Waals surface area contributed by atoms with Crippen LogP contribution in [0.4, 0.5) is 0 Å². The van der Waals surface area contributed by atoms with E-state index in [1.807, 2.05) is 12.1 Å². The van der Waals surface area contributed by atoms with Gasteiger partial charge in [0.15, 0.2) is 0 Å². The fraction of sp³-hybridized carbons (Fsp3) is 0.400. The molecule has 1 aromatic rings. The van der Waals surface area contributed by atoms with E-state index in [1.165, 1.54) is 12.0 Å². The predicted octanol–water partition coefficient (Wildman–Crippen LogP) is 2.29. The second kappa shape index (κ2) is 5.75. The molecule has 0 bridgehead atoms. The molecular weight excluding hydrogens is 150 g/mol. The number of aryl methyl sites for hydroxylation is 1. The van der Waals surface area contributed by atoms with Crippen LogP contribution in [0.1, 0.15) is 24.5 Å². The average molecular weight is 167 g/mol. The molecule has 0 aliphatic carbocycles. The van der Waals surface area contributed by atoms with E-state index >= 15 is 0 Å². The molecule has 0 aromatic heterocycles. The van der Waals surface area contributed by atoms with Crippen molar-refractivity contribution < 1.29 is 5.11 Å². The molecule has 2 heteroatoms. The Kier molecular flexibility index (Phi) is 5.34. The van der Waals surface area contributed by atoms with E-state index in [0.29, 0.717) is 0 Å². The van der Waals surface area contributed by atoms with Crippen molar-refractivity contribution in [3.8, 4) is 0 Å². The van der Waals surface area contributed by atoms with Gasteiger partial charge >= 0.3 is 0 Å². The summed E-state index contributed by atoms with van der Waals surface area (Å²) in [5.41, 5.74) is 2.34. The maximum Gasteiger partial charge on any atom is 0.0681 e. The van der Waals surface area contributed by atoms with Gasteiger partial charge in [0.2, 0.25) is 0 Å². The van der Waals surface area contributed by atoms with Gasteiger partial charge in [-0.05, 0) is 17.5 Å². The highest BCUT2D eigenvalue weighted by atomic mass is 16.3. The van der Waals surface area contributed by atoms with Crippen molar-refractivity contribution in [1.29, 1.82) is 0 Å². The monoisotopic (exact) mass is 167 g/mol. The quantitative estimate of drug-likeness (QED) is 0.725. The van der Waals surface area contributed by atoms with E-state index in [1.54, 1.807) is 0 Å². The average Bonchev–Trinajstić information content (AvgIpc) is 2.07. The molecule has 2 nitrogen and oxygen atoms in total. The van der Waals surface area contributed by atoms with Crippen molar-refractivity contribution in [3.05, 3.63) is 35.4 Å². The first kappa shape index (κ1) is 11.1. The Morgan fingerprint density at radius 2 is 1.58 bits per heavy atom. The highest BCUT2D eigenvalue weighted by Gasteiger charge is 1.91. The Labute approximate surface area is 73.8 Å². The van der Waals surface area contributed by atoms with Crippen molar-refractivity contribution in [1.82, 2.24) is 6.15 Å². The molecule has 0 heterocycles. The summed E-state index contributed by atoms with van der Waals surface area (Å²) in [6.07, 6.45) is 2.31. The van der Waals surface area contributed by atoms with Crippen LogP contribution in [0.25, 0.3) is 0 Å². The zero-order valence-electron chi connectivity index (χ0n) is 7.59. The van der Waals surface area contributed by atoms with Gasteiger partial charge in [-0.25, -0.2) is 0 Å². The van der Waals surface area contributed by atoms with Crippen molar-refractivity contribution >= 4 is 0 Å². The molecular formula is C10H17NO. The van der Waals surface area contributed by atoms with Gasteiger partial charge in [0.05, 0.1) is 6.61 Å². The van der Waals surface area contributed by atoms with Crippen LogP contribution in [-0.2, 0) is 13.0 Å². The first-order valence-electron chi connectivity index (χ1n) is 4.05. The highest BCUT2D eigenvalue weighted by molar-refractivity contribution is 5.21. The van der Waals surface area contributed by atoms with Gasteiger partial charge in [-0.2, -0.15) is 0 Å². The van der Waals surface area contributed by atoms with Gasteiger partial charge < -0.3 is 11.3 Å². The molecule has 12 heavy (non-hydrogen) atoms. The fourth-order valence-corrected chi connectivity index (χ4v) is 1.10. The molecule has 0 saturated heterocycles. The third kappa shape index (κ3) is 3.03. The Bertz CT molecular complexity index is 206. The Morgan fingerprint density at radius 3 is 2.00 bits per heavy atom. The minimum atomic E-state index is 0. The smallest absolute Gasteiger partial charge is 0.0681 e. The van der Waals surface area contributed by atoms with Gasteiger partial charge in [-0.3, -0.25) is 0 Å². The Morgan fingerprint density at radius 1 is 1.08 bits per heavy atom. The topological polar surface area (TPSA) is 55.2 Å². The normalized spacial score (nSPS) is 9.17.